The van der Waals surface area contributed by atoms with Gasteiger partial charge in [0.1, 0.15) is 5.25 Å². The van der Waals surface area contributed by atoms with Gasteiger partial charge < -0.3 is 5.11 Å². The van der Waals surface area contributed by atoms with E-state index in [1.54, 1.807) is 0 Å². The van der Waals surface area contributed by atoms with E-state index in [1.807, 2.05) is 56.3 Å². The number of rotatable bonds is 5. The number of aliphatic carboxylic acids is 1. The van der Waals surface area contributed by atoms with Gasteiger partial charge in [0.25, 0.3) is 0 Å². The normalized spacial score (nSPS) is 12.1. The zero-order valence-corrected chi connectivity index (χ0v) is 13.5. The zero-order valence-electron chi connectivity index (χ0n) is 12.0. The first-order chi connectivity index (χ1) is 9.95. The fourth-order valence-corrected chi connectivity index (χ4v) is 3.14. The van der Waals surface area contributed by atoms with Crippen LogP contribution in [-0.2, 0) is 11.2 Å². The third-order valence-electron chi connectivity index (χ3n) is 3.23. The van der Waals surface area contributed by atoms with Gasteiger partial charge in [-0.2, -0.15) is 0 Å². The number of carbonyl (C=O) groups is 1. The SMILES string of the molecule is Cc1ccc(S[C@@H](Cc2ccc(C)c(Cl)c2)C(=O)O)cc1. The number of aryl methyl sites for hydroxylation is 2. The molecule has 2 nitrogen and oxygen atoms in total. The second kappa shape index (κ2) is 7.01. The van der Waals surface area contributed by atoms with Crippen LogP contribution in [0.5, 0.6) is 0 Å². The van der Waals surface area contributed by atoms with Crippen LogP contribution in [0.4, 0.5) is 0 Å². The maximum Gasteiger partial charge on any atom is 0.317 e. The number of hydrogen-bond donors (Lipinski definition) is 1. The minimum atomic E-state index is -0.808. The summed E-state index contributed by atoms with van der Waals surface area (Å²) in [5, 5.41) is 9.58. The highest BCUT2D eigenvalue weighted by atomic mass is 35.5. The minimum absolute atomic E-state index is 0.452. The predicted molar refractivity (Wildman–Crippen MR) is 88.4 cm³/mol. The molecule has 1 atom stereocenters. The lowest BCUT2D eigenvalue weighted by Gasteiger charge is -2.13. The molecule has 0 radical (unpaired) electrons. The highest BCUT2D eigenvalue weighted by Gasteiger charge is 2.19. The lowest BCUT2D eigenvalue weighted by atomic mass is 10.1. The Hall–Kier alpha value is -1.45. The average Bonchev–Trinajstić information content (AvgIpc) is 2.44. The Morgan fingerprint density at radius 3 is 2.43 bits per heavy atom. The van der Waals surface area contributed by atoms with Gasteiger partial charge in [-0.25, -0.2) is 0 Å². The summed E-state index contributed by atoms with van der Waals surface area (Å²) >= 11 is 7.47. The largest absolute Gasteiger partial charge is 0.480 e. The average molecular weight is 321 g/mol. The van der Waals surface area contributed by atoms with Gasteiger partial charge in [-0.3, -0.25) is 4.79 Å². The van der Waals surface area contributed by atoms with Crippen LogP contribution in [0.15, 0.2) is 47.4 Å². The third-order valence-corrected chi connectivity index (χ3v) is 4.84. The number of benzene rings is 2. The topological polar surface area (TPSA) is 37.3 Å². The Morgan fingerprint density at radius 1 is 1.19 bits per heavy atom. The molecule has 0 saturated heterocycles. The van der Waals surface area contributed by atoms with E-state index >= 15 is 0 Å². The van der Waals surface area contributed by atoms with Crippen molar-refractivity contribution >= 4 is 29.3 Å². The summed E-state index contributed by atoms with van der Waals surface area (Å²) in [5.41, 5.74) is 3.10. The molecular weight excluding hydrogens is 304 g/mol. The lowest BCUT2D eigenvalue weighted by Crippen LogP contribution is -2.19. The smallest absolute Gasteiger partial charge is 0.317 e. The van der Waals surface area contributed by atoms with Gasteiger partial charge in [0.05, 0.1) is 0 Å². The fourth-order valence-electron chi connectivity index (χ4n) is 1.94. The van der Waals surface area contributed by atoms with Crippen LogP contribution in [0.1, 0.15) is 16.7 Å². The molecule has 21 heavy (non-hydrogen) atoms. The first-order valence-electron chi connectivity index (χ1n) is 6.67. The summed E-state index contributed by atoms with van der Waals surface area (Å²) in [5.74, 6) is -0.808. The van der Waals surface area contributed by atoms with Crippen molar-refractivity contribution in [3.05, 3.63) is 64.2 Å². The standard InChI is InChI=1S/C17H17ClO2S/c1-11-3-7-14(8-4-11)21-16(17(19)20)10-13-6-5-12(2)15(18)9-13/h3-9,16H,10H2,1-2H3,(H,19,20)/t16-/m0/s1. The monoisotopic (exact) mass is 320 g/mol. The quantitative estimate of drug-likeness (QED) is 0.808. The van der Waals surface area contributed by atoms with Crippen molar-refractivity contribution in [1.29, 1.82) is 0 Å². The Kier molecular flexibility index (Phi) is 5.32. The molecule has 0 heterocycles. The number of carboxylic acid groups (broad SMARTS) is 1. The van der Waals surface area contributed by atoms with E-state index in [1.165, 1.54) is 11.8 Å². The van der Waals surface area contributed by atoms with Gasteiger partial charge in [-0.15, -0.1) is 11.8 Å². The molecule has 1 N–H and O–H groups in total. The van der Waals surface area contributed by atoms with Crippen LogP contribution in [0.25, 0.3) is 0 Å². The molecule has 0 unspecified atom stereocenters. The van der Waals surface area contributed by atoms with E-state index in [2.05, 4.69) is 0 Å². The summed E-state index contributed by atoms with van der Waals surface area (Å²) in [7, 11) is 0. The van der Waals surface area contributed by atoms with Crippen molar-refractivity contribution in [2.45, 2.75) is 30.4 Å². The van der Waals surface area contributed by atoms with E-state index in [-0.39, 0.29) is 0 Å². The Bertz CT molecular complexity index is 638. The van der Waals surface area contributed by atoms with Crippen LogP contribution in [0.3, 0.4) is 0 Å². The third kappa shape index (κ3) is 4.51. The summed E-state index contributed by atoms with van der Waals surface area (Å²) in [6.45, 7) is 3.94. The van der Waals surface area contributed by atoms with Gasteiger partial charge in [-0.1, -0.05) is 41.4 Å². The molecule has 0 fully saturated rings. The van der Waals surface area contributed by atoms with E-state index in [4.69, 9.17) is 11.6 Å². The van der Waals surface area contributed by atoms with Gasteiger partial charge in [0.2, 0.25) is 0 Å². The molecule has 4 heteroatoms. The predicted octanol–water partition coefficient (Wildman–Crippen LogP) is 4.74. The van der Waals surface area contributed by atoms with Crippen molar-refractivity contribution in [2.75, 3.05) is 0 Å². The minimum Gasteiger partial charge on any atom is -0.480 e. The van der Waals surface area contributed by atoms with Crippen LogP contribution >= 0.6 is 23.4 Å². The number of carboxylic acids is 1. The van der Waals surface area contributed by atoms with Crippen LogP contribution < -0.4 is 0 Å². The summed E-state index contributed by atoms with van der Waals surface area (Å²) in [6, 6.07) is 13.6. The highest BCUT2D eigenvalue weighted by molar-refractivity contribution is 8.00. The molecule has 0 bridgehead atoms. The van der Waals surface area contributed by atoms with Crippen molar-refractivity contribution in [2.24, 2.45) is 0 Å². The van der Waals surface area contributed by atoms with Crippen molar-refractivity contribution in [1.82, 2.24) is 0 Å². The zero-order chi connectivity index (χ0) is 15.4. The summed E-state index contributed by atoms with van der Waals surface area (Å²) in [4.78, 5) is 12.4. The van der Waals surface area contributed by atoms with Crippen molar-refractivity contribution in [3.8, 4) is 0 Å². The molecule has 0 aliphatic heterocycles. The molecule has 0 amide bonds. The van der Waals surface area contributed by atoms with Crippen LogP contribution in [0.2, 0.25) is 5.02 Å². The lowest BCUT2D eigenvalue weighted by molar-refractivity contribution is -0.136. The highest BCUT2D eigenvalue weighted by Crippen LogP contribution is 2.27. The number of thioether (sulfide) groups is 1. The van der Waals surface area contributed by atoms with Gasteiger partial charge in [0.15, 0.2) is 0 Å². The molecule has 0 aromatic heterocycles. The van der Waals surface area contributed by atoms with Gasteiger partial charge in [-0.05, 0) is 49.6 Å². The molecule has 2 rings (SSSR count). The molecule has 110 valence electrons. The first kappa shape index (κ1) is 15.9. The summed E-state index contributed by atoms with van der Waals surface area (Å²) in [6.07, 6.45) is 0.452. The molecule has 0 aliphatic carbocycles. The Balaban J connectivity index is 2.13. The second-order valence-electron chi connectivity index (χ2n) is 5.05. The second-order valence-corrected chi connectivity index (χ2v) is 6.73. The number of halogens is 1. The molecular formula is C17H17ClO2S. The van der Waals surface area contributed by atoms with Crippen molar-refractivity contribution < 1.29 is 9.90 Å². The molecule has 2 aromatic carbocycles. The van der Waals surface area contributed by atoms with E-state index < -0.39 is 11.2 Å². The Labute approximate surface area is 134 Å². The molecule has 2 aromatic rings. The van der Waals surface area contributed by atoms with Crippen LogP contribution in [0, 0.1) is 13.8 Å². The molecule has 0 spiro atoms. The maximum absolute atomic E-state index is 11.5. The first-order valence-corrected chi connectivity index (χ1v) is 7.92. The summed E-state index contributed by atoms with van der Waals surface area (Å²) < 4.78 is 0. The maximum atomic E-state index is 11.5. The van der Waals surface area contributed by atoms with Crippen LogP contribution in [-0.4, -0.2) is 16.3 Å². The van der Waals surface area contributed by atoms with Gasteiger partial charge in [0, 0.05) is 9.92 Å². The van der Waals surface area contributed by atoms with Gasteiger partial charge >= 0.3 is 5.97 Å². The van der Waals surface area contributed by atoms with E-state index in [0.29, 0.717) is 11.4 Å². The fraction of sp³-hybridized carbons (Fsp3) is 0.235. The van der Waals surface area contributed by atoms with E-state index in [9.17, 15) is 9.90 Å². The number of hydrogen-bond acceptors (Lipinski definition) is 2. The molecule has 0 saturated carbocycles. The Morgan fingerprint density at radius 2 is 1.86 bits per heavy atom. The molecule has 0 aliphatic rings. The van der Waals surface area contributed by atoms with E-state index in [0.717, 1.165) is 21.6 Å². The van der Waals surface area contributed by atoms with Crippen molar-refractivity contribution in [3.63, 3.8) is 0 Å².